The van der Waals surface area contributed by atoms with Crippen LogP contribution in [0.3, 0.4) is 0 Å². The second kappa shape index (κ2) is 15.4. The predicted octanol–water partition coefficient (Wildman–Crippen LogP) is 5.64. The van der Waals surface area contributed by atoms with Crippen LogP contribution in [-0.2, 0) is 0 Å². The van der Waals surface area contributed by atoms with Gasteiger partial charge in [0, 0.05) is 0 Å². The number of halogens is 1. The lowest BCUT2D eigenvalue weighted by molar-refractivity contribution is 0.411. The average Bonchev–Trinajstić information content (AvgIpc) is 2.41. The van der Waals surface area contributed by atoms with Crippen molar-refractivity contribution in [1.82, 2.24) is 0 Å². The summed E-state index contributed by atoms with van der Waals surface area (Å²) in [4.78, 5) is 0. The number of allylic oxidation sites excluding steroid dienone is 6. The fourth-order valence-corrected chi connectivity index (χ4v) is 1.06. The van der Waals surface area contributed by atoms with Gasteiger partial charge in [0.25, 0.3) is 0 Å². The van der Waals surface area contributed by atoms with Gasteiger partial charge in [0.05, 0.1) is 0 Å². The standard InChI is InChI=1S/C13H21F.C2H4.C2H2/c1-6-8-13(10(3)7-2)9-11(4)12(5)14;2*1-2/h6,8-9,12H,7H2,1-5H3;1-2H2;1-2H/b8-6-,11-9-,13-10+;;. The van der Waals surface area contributed by atoms with Crippen LogP contribution in [-0.4, -0.2) is 6.17 Å². The summed E-state index contributed by atoms with van der Waals surface area (Å²) in [7, 11) is 0. The van der Waals surface area contributed by atoms with Crippen molar-refractivity contribution in [2.75, 3.05) is 0 Å². The van der Waals surface area contributed by atoms with Crippen molar-refractivity contribution in [2.24, 2.45) is 0 Å². The van der Waals surface area contributed by atoms with Crippen LogP contribution in [0.1, 0.15) is 41.0 Å². The van der Waals surface area contributed by atoms with Gasteiger partial charge in [-0.1, -0.05) is 30.7 Å². The van der Waals surface area contributed by atoms with Gasteiger partial charge in [-0.2, -0.15) is 0 Å². The van der Waals surface area contributed by atoms with Crippen molar-refractivity contribution >= 4 is 0 Å². The molecular formula is C17H27F. The molecule has 0 rings (SSSR count). The van der Waals surface area contributed by atoms with Gasteiger partial charge in [0.2, 0.25) is 0 Å². The van der Waals surface area contributed by atoms with Crippen molar-refractivity contribution < 1.29 is 4.39 Å². The van der Waals surface area contributed by atoms with E-state index in [1.54, 1.807) is 6.92 Å². The van der Waals surface area contributed by atoms with Crippen molar-refractivity contribution in [3.63, 3.8) is 0 Å². The zero-order valence-corrected chi connectivity index (χ0v) is 12.5. The number of hydrogen-bond acceptors (Lipinski definition) is 0. The molecule has 0 aromatic heterocycles. The topological polar surface area (TPSA) is 0 Å². The van der Waals surface area contributed by atoms with Crippen LogP contribution in [0.25, 0.3) is 0 Å². The molecule has 0 saturated heterocycles. The number of rotatable bonds is 4. The molecule has 0 spiro atoms. The van der Waals surface area contributed by atoms with Crippen LogP contribution in [0.4, 0.5) is 4.39 Å². The maximum Gasteiger partial charge on any atom is 0.118 e. The Balaban J connectivity index is -0.000000506. The lowest BCUT2D eigenvalue weighted by Crippen LogP contribution is -1.95. The molecule has 0 aliphatic carbocycles. The third kappa shape index (κ3) is 11.0. The Bertz CT molecular complexity index is 301. The summed E-state index contributed by atoms with van der Waals surface area (Å²) in [5, 5.41) is 0. The summed E-state index contributed by atoms with van der Waals surface area (Å²) in [5.74, 6) is 0. The molecule has 1 atom stereocenters. The van der Waals surface area contributed by atoms with E-state index in [-0.39, 0.29) is 0 Å². The van der Waals surface area contributed by atoms with E-state index in [0.29, 0.717) is 0 Å². The smallest absolute Gasteiger partial charge is 0.118 e. The minimum atomic E-state index is -0.861. The quantitative estimate of drug-likeness (QED) is 0.344. The average molecular weight is 250 g/mol. The monoisotopic (exact) mass is 250 g/mol. The third-order valence-electron chi connectivity index (χ3n) is 2.38. The summed E-state index contributed by atoms with van der Waals surface area (Å²) in [6.45, 7) is 15.6. The van der Waals surface area contributed by atoms with Gasteiger partial charge < -0.3 is 0 Å². The van der Waals surface area contributed by atoms with Crippen LogP contribution < -0.4 is 0 Å². The molecular weight excluding hydrogens is 223 g/mol. The van der Waals surface area contributed by atoms with Crippen LogP contribution in [0.15, 0.2) is 48.1 Å². The van der Waals surface area contributed by atoms with Crippen LogP contribution in [0.2, 0.25) is 0 Å². The lowest BCUT2D eigenvalue weighted by atomic mass is 10.0. The van der Waals surface area contributed by atoms with E-state index in [0.717, 1.165) is 17.6 Å². The second-order valence-electron chi connectivity index (χ2n) is 3.59. The fourth-order valence-electron chi connectivity index (χ4n) is 1.06. The Labute approximate surface area is 113 Å². The zero-order valence-electron chi connectivity index (χ0n) is 12.5. The summed E-state index contributed by atoms with van der Waals surface area (Å²) >= 11 is 0. The first-order chi connectivity index (χ1) is 8.52. The Hall–Kier alpha value is -1.55. The van der Waals surface area contributed by atoms with E-state index in [9.17, 15) is 4.39 Å². The Kier molecular flexibility index (Phi) is 18.6. The SMILES string of the molecule is C#C.C=C.C\C=C/C(/C=C(/C)C(C)F)=C(/C)CC. The van der Waals surface area contributed by atoms with Gasteiger partial charge in [-0.3, -0.25) is 0 Å². The molecule has 0 aromatic carbocycles. The van der Waals surface area contributed by atoms with Crippen LogP contribution >= 0.6 is 0 Å². The normalized spacial score (nSPS) is 13.7. The van der Waals surface area contributed by atoms with Gasteiger partial charge in [0.1, 0.15) is 6.17 Å². The van der Waals surface area contributed by atoms with Crippen molar-refractivity contribution in [1.29, 1.82) is 0 Å². The van der Waals surface area contributed by atoms with Gasteiger partial charge in [0.15, 0.2) is 0 Å². The molecule has 1 heteroatoms. The Morgan fingerprint density at radius 2 is 1.72 bits per heavy atom. The highest BCUT2D eigenvalue weighted by molar-refractivity contribution is 5.37. The largest absolute Gasteiger partial charge is 0.243 e. The van der Waals surface area contributed by atoms with Crippen molar-refractivity contribution in [2.45, 2.75) is 47.2 Å². The molecule has 0 N–H and O–H groups in total. The van der Waals surface area contributed by atoms with E-state index < -0.39 is 6.17 Å². The molecule has 0 nitrogen and oxygen atoms in total. The highest BCUT2D eigenvalue weighted by Gasteiger charge is 2.01. The van der Waals surface area contributed by atoms with Crippen LogP contribution in [0, 0.1) is 12.8 Å². The molecule has 102 valence electrons. The first kappa shape index (κ1) is 21.7. The summed E-state index contributed by atoms with van der Waals surface area (Å²) < 4.78 is 12.9. The Morgan fingerprint density at radius 1 is 1.28 bits per heavy atom. The van der Waals surface area contributed by atoms with Crippen molar-refractivity contribution in [3.05, 3.63) is 48.1 Å². The van der Waals surface area contributed by atoms with Gasteiger partial charge in [-0.15, -0.1) is 26.0 Å². The molecule has 18 heavy (non-hydrogen) atoms. The van der Waals surface area contributed by atoms with E-state index in [4.69, 9.17) is 0 Å². The lowest BCUT2D eigenvalue weighted by Gasteiger charge is -2.05. The number of alkyl halides is 1. The minimum absolute atomic E-state index is 0.783. The maximum atomic E-state index is 12.9. The zero-order chi connectivity index (χ0) is 15.1. The Morgan fingerprint density at radius 3 is 2.00 bits per heavy atom. The van der Waals surface area contributed by atoms with E-state index in [1.807, 2.05) is 32.1 Å². The molecule has 0 aliphatic rings. The highest BCUT2D eigenvalue weighted by Crippen LogP contribution is 2.15. The molecule has 0 bridgehead atoms. The van der Waals surface area contributed by atoms with E-state index in [1.165, 1.54) is 5.57 Å². The molecule has 1 unspecified atom stereocenters. The molecule has 0 aromatic rings. The molecule has 0 heterocycles. The summed E-state index contributed by atoms with van der Waals surface area (Å²) in [6.07, 6.45) is 14.1. The van der Waals surface area contributed by atoms with E-state index >= 15 is 0 Å². The third-order valence-corrected chi connectivity index (χ3v) is 2.38. The molecule has 0 radical (unpaired) electrons. The fraction of sp³-hybridized carbons (Fsp3) is 0.412. The number of terminal acetylenes is 1. The van der Waals surface area contributed by atoms with Gasteiger partial charge >= 0.3 is 0 Å². The molecule has 0 aliphatic heterocycles. The van der Waals surface area contributed by atoms with Gasteiger partial charge in [-0.05, 0) is 45.3 Å². The number of hydrogen-bond donors (Lipinski definition) is 0. The summed E-state index contributed by atoms with van der Waals surface area (Å²) in [5.41, 5.74) is 3.21. The van der Waals surface area contributed by atoms with Crippen molar-refractivity contribution in [3.8, 4) is 12.8 Å². The molecule has 0 amide bonds. The predicted molar refractivity (Wildman–Crippen MR) is 83.3 cm³/mol. The van der Waals surface area contributed by atoms with Gasteiger partial charge in [-0.25, -0.2) is 4.39 Å². The maximum absolute atomic E-state index is 12.9. The summed E-state index contributed by atoms with van der Waals surface area (Å²) in [6, 6.07) is 0. The van der Waals surface area contributed by atoms with Crippen LogP contribution in [0.5, 0.6) is 0 Å². The molecule has 0 fully saturated rings. The molecule has 0 saturated carbocycles. The van der Waals surface area contributed by atoms with E-state index in [2.05, 4.69) is 39.9 Å². The minimum Gasteiger partial charge on any atom is -0.243 e. The first-order valence-electron chi connectivity index (χ1n) is 6.00. The second-order valence-corrected chi connectivity index (χ2v) is 3.59. The highest BCUT2D eigenvalue weighted by atomic mass is 19.1. The first-order valence-corrected chi connectivity index (χ1v) is 6.00.